The molecule has 0 radical (unpaired) electrons. The molecule has 10 atom stereocenters. The second-order valence-corrected chi connectivity index (χ2v) is 10.1. The Kier molecular flexibility index (Phi) is 10.9. The van der Waals surface area contributed by atoms with Crippen molar-refractivity contribution in [1.29, 1.82) is 0 Å². The van der Waals surface area contributed by atoms with Gasteiger partial charge in [0.05, 0.1) is 19.3 Å². The molecule has 2 aromatic carbocycles. The van der Waals surface area contributed by atoms with Crippen LogP contribution in [0.1, 0.15) is 18.1 Å². The smallest absolute Gasteiger partial charge is 0.331 e. The molecule has 0 saturated carbocycles. The minimum Gasteiger partial charge on any atom is -0.504 e. The summed E-state index contributed by atoms with van der Waals surface area (Å²) in [5.74, 6) is -1.67. The molecule has 0 bridgehead atoms. The Bertz CT molecular complexity index is 1190. The predicted octanol–water partition coefficient (Wildman–Crippen LogP) is -0.427. The van der Waals surface area contributed by atoms with Crippen LogP contribution >= 0.6 is 0 Å². The Morgan fingerprint density at radius 2 is 1.62 bits per heavy atom. The lowest BCUT2D eigenvalue weighted by Gasteiger charge is -2.46. The van der Waals surface area contributed by atoms with Crippen molar-refractivity contribution in [3.63, 3.8) is 0 Å². The second kappa shape index (κ2) is 14.4. The van der Waals surface area contributed by atoms with Crippen LogP contribution in [0.25, 0.3) is 6.08 Å². The van der Waals surface area contributed by atoms with E-state index in [1.165, 1.54) is 31.2 Å². The van der Waals surface area contributed by atoms with Crippen molar-refractivity contribution in [3.05, 3.63) is 65.7 Å². The zero-order valence-electron chi connectivity index (χ0n) is 22.7. The van der Waals surface area contributed by atoms with E-state index in [0.29, 0.717) is 12.0 Å². The first kappa shape index (κ1) is 31.8. The first-order valence-electron chi connectivity index (χ1n) is 13.4. The van der Waals surface area contributed by atoms with Crippen LogP contribution in [-0.4, -0.2) is 116 Å². The van der Waals surface area contributed by atoms with Crippen LogP contribution in [0.3, 0.4) is 0 Å². The molecule has 2 fully saturated rings. The fourth-order valence-corrected chi connectivity index (χ4v) is 4.68. The average Bonchev–Trinajstić information content (AvgIpc) is 2.98. The minimum atomic E-state index is -1.73. The lowest BCUT2D eigenvalue weighted by atomic mass is 9.97. The summed E-state index contributed by atoms with van der Waals surface area (Å²) in [4.78, 5) is 12.8. The number of carbonyl (C=O) groups excluding carboxylic acids is 1. The number of phenolic OH excluding ortho intramolecular Hbond substituents is 2. The van der Waals surface area contributed by atoms with Gasteiger partial charge in [0.2, 0.25) is 0 Å². The van der Waals surface area contributed by atoms with E-state index in [1.807, 2.05) is 30.3 Å². The largest absolute Gasteiger partial charge is 0.504 e. The molecule has 7 N–H and O–H groups in total. The van der Waals surface area contributed by atoms with Crippen LogP contribution in [-0.2, 0) is 34.9 Å². The van der Waals surface area contributed by atoms with E-state index in [9.17, 15) is 40.5 Å². The summed E-state index contributed by atoms with van der Waals surface area (Å²) >= 11 is 0. The molecular formula is C29H36O13. The maximum absolute atomic E-state index is 12.8. The van der Waals surface area contributed by atoms with E-state index >= 15 is 0 Å². The highest BCUT2D eigenvalue weighted by Gasteiger charge is 2.52. The van der Waals surface area contributed by atoms with Crippen LogP contribution < -0.4 is 0 Å². The molecule has 2 aliphatic heterocycles. The lowest BCUT2D eigenvalue weighted by molar-refractivity contribution is -0.357. The van der Waals surface area contributed by atoms with Crippen molar-refractivity contribution in [3.8, 4) is 11.5 Å². The third-order valence-electron chi connectivity index (χ3n) is 7.07. The van der Waals surface area contributed by atoms with Crippen molar-refractivity contribution in [2.24, 2.45) is 0 Å². The summed E-state index contributed by atoms with van der Waals surface area (Å²) in [6, 6.07) is 13.3. The quantitative estimate of drug-likeness (QED) is 0.106. The van der Waals surface area contributed by atoms with Gasteiger partial charge in [0.1, 0.15) is 36.6 Å². The fourth-order valence-electron chi connectivity index (χ4n) is 4.68. The van der Waals surface area contributed by atoms with Gasteiger partial charge in [-0.15, -0.1) is 0 Å². The predicted molar refractivity (Wildman–Crippen MR) is 144 cm³/mol. The number of aliphatic hydroxyl groups is 5. The van der Waals surface area contributed by atoms with Gasteiger partial charge in [-0.3, -0.25) is 0 Å². The summed E-state index contributed by atoms with van der Waals surface area (Å²) in [7, 11) is 0. The molecule has 2 aliphatic rings. The summed E-state index contributed by atoms with van der Waals surface area (Å²) in [6.07, 6.45) is -11.6. The van der Waals surface area contributed by atoms with Crippen LogP contribution in [0, 0.1) is 0 Å². The first-order valence-corrected chi connectivity index (χ1v) is 13.4. The number of aromatic hydroxyl groups is 2. The number of aliphatic hydroxyl groups excluding tert-OH is 5. The fraction of sp³-hybridized carbons (Fsp3) is 0.483. The standard InChI is InChI=1S/C29H36O13/c1-15-22(34)23(35)24(36)29(39-15)42-27-25(37)28(38-12-11-16-5-3-2-4-6-16)40-20(14-30)26(27)41-21(33)10-8-17-7-9-18(31)19(32)13-17/h2-10,13,15,20,22-32,34-37H,11-12,14H2,1H3/b10-8+/t15-,20+,22-,23+,24+,25+,26+,27+,28+,29-/m0/s1. The van der Waals surface area contributed by atoms with Crippen LogP contribution in [0.4, 0.5) is 0 Å². The van der Waals surface area contributed by atoms with E-state index in [1.54, 1.807) is 0 Å². The Labute approximate surface area is 241 Å². The monoisotopic (exact) mass is 592 g/mol. The van der Waals surface area contributed by atoms with Gasteiger partial charge in [0.15, 0.2) is 30.2 Å². The highest BCUT2D eigenvalue weighted by molar-refractivity contribution is 5.87. The summed E-state index contributed by atoms with van der Waals surface area (Å²) in [6.45, 7) is 0.893. The van der Waals surface area contributed by atoms with Crippen LogP contribution in [0.5, 0.6) is 11.5 Å². The van der Waals surface area contributed by atoms with Gasteiger partial charge in [0.25, 0.3) is 0 Å². The van der Waals surface area contributed by atoms with Crippen molar-refractivity contribution < 1.29 is 64.2 Å². The number of phenols is 2. The van der Waals surface area contributed by atoms with Gasteiger partial charge < -0.3 is 59.4 Å². The molecule has 0 unspecified atom stereocenters. The maximum atomic E-state index is 12.8. The Morgan fingerprint density at radius 1 is 0.881 bits per heavy atom. The molecule has 2 heterocycles. The molecule has 0 aromatic heterocycles. The zero-order chi connectivity index (χ0) is 30.4. The van der Waals surface area contributed by atoms with E-state index in [-0.39, 0.29) is 12.4 Å². The number of hydrogen-bond donors (Lipinski definition) is 7. The first-order chi connectivity index (χ1) is 20.1. The number of hydrogen-bond acceptors (Lipinski definition) is 13. The van der Waals surface area contributed by atoms with E-state index in [0.717, 1.165) is 11.6 Å². The molecule has 42 heavy (non-hydrogen) atoms. The number of ether oxygens (including phenoxy) is 5. The van der Waals surface area contributed by atoms with Gasteiger partial charge in [-0.25, -0.2) is 4.79 Å². The van der Waals surface area contributed by atoms with Gasteiger partial charge in [0, 0.05) is 6.08 Å². The molecule has 13 nitrogen and oxygen atoms in total. The summed E-state index contributed by atoms with van der Waals surface area (Å²) < 4.78 is 28.4. The van der Waals surface area contributed by atoms with Gasteiger partial charge >= 0.3 is 5.97 Å². The highest BCUT2D eigenvalue weighted by atomic mass is 16.7. The topological polar surface area (TPSA) is 205 Å². The maximum Gasteiger partial charge on any atom is 0.331 e. The number of carbonyl (C=O) groups is 1. The van der Waals surface area contributed by atoms with E-state index in [2.05, 4.69) is 0 Å². The third kappa shape index (κ3) is 7.64. The summed E-state index contributed by atoms with van der Waals surface area (Å²) in [5, 5.41) is 71.3. The molecule has 0 amide bonds. The van der Waals surface area contributed by atoms with E-state index in [4.69, 9.17) is 23.7 Å². The number of esters is 1. The van der Waals surface area contributed by atoms with E-state index < -0.39 is 79.7 Å². The molecule has 2 saturated heterocycles. The van der Waals surface area contributed by atoms with Crippen molar-refractivity contribution in [1.82, 2.24) is 0 Å². The molecule has 0 spiro atoms. The lowest BCUT2D eigenvalue weighted by Crippen LogP contribution is -2.65. The van der Waals surface area contributed by atoms with Crippen molar-refractivity contribution in [2.75, 3.05) is 13.2 Å². The zero-order valence-corrected chi connectivity index (χ0v) is 22.7. The van der Waals surface area contributed by atoms with Gasteiger partial charge in [-0.05, 0) is 42.7 Å². The molecule has 0 aliphatic carbocycles. The number of benzene rings is 2. The van der Waals surface area contributed by atoms with Crippen molar-refractivity contribution >= 4 is 12.0 Å². The second-order valence-electron chi connectivity index (χ2n) is 10.1. The highest BCUT2D eigenvalue weighted by Crippen LogP contribution is 2.31. The molecule has 13 heteroatoms. The third-order valence-corrected chi connectivity index (χ3v) is 7.07. The average molecular weight is 593 g/mol. The van der Waals surface area contributed by atoms with Crippen LogP contribution in [0.15, 0.2) is 54.6 Å². The molecule has 230 valence electrons. The molecule has 2 aromatic rings. The van der Waals surface area contributed by atoms with Gasteiger partial charge in [-0.1, -0.05) is 36.4 Å². The van der Waals surface area contributed by atoms with Crippen LogP contribution in [0.2, 0.25) is 0 Å². The number of rotatable bonds is 10. The SMILES string of the molecule is C[C@@H]1O[C@@H](O[C@@H]2[C@@H](O)[C@H](OCCc3ccccc3)O[C@H](CO)[C@H]2OC(=O)/C=C/c2ccc(O)c(O)c2)[C@H](O)[C@H](O)[C@H]1O. The normalized spacial score (nSPS) is 33.5. The Morgan fingerprint density at radius 3 is 2.31 bits per heavy atom. The molecular weight excluding hydrogens is 556 g/mol. The Hall–Kier alpha value is -3.11. The Balaban J connectivity index is 1.52. The van der Waals surface area contributed by atoms with Crippen molar-refractivity contribution in [2.45, 2.75) is 74.8 Å². The minimum absolute atomic E-state index is 0.119. The summed E-state index contributed by atoms with van der Waals surface area (Å²) in [5.41, 5.74) is 1.33. The van der Waals surface area contributed by atoms with Gasteiger partial charge in [-0.2, -0.15) is 0 Å². The molecule has 4 rings (SSSR count).